The van der Waals surface area contributed by atoms with E-state index in [4.69, 9.17) is 15.2 Å². The maximum absolute atomic E-state index is 5.96. The van der Waals surface area contributed by atoms with E-state index >= 15 is 0 Å². The lowest BCUT2D eigenvalue weighted by atomic mass is 10.0. The summed E-state index contributed by atoms with van der Waals surface area (Å²) in [6, 6.07) is 6.01. The first kappa shape index (κ1) is 13.8. The fraction of sp³-hybridized carbons (Fsp3) is 0.571. The van der Waals surface area contributed by atoms with E-state index in [2.05, 4.69) is 15.9 Å². The molecule has 1 saturated heterocycles. The third-order valence-corrected chi connectivity index (χ3v) is 3.77. The Kier molecular flexibility index (Phi) is 5.03. The topological polar surface area (TPSA) is 44.5 Å². The maximum atomic E-state index is 5.96. The largest absolute Gasteiger partial charge is 0.493 e. The second-order valence-electron chi connectivity index (χ2n) is 4.84. The summed E-state index contributed by atoms with van der Waals surface area (Å²) in [6.07, 6.45) is 2.17. The number of benzene rings is 1. The van der Waals surface area contributed by atoms with Gasteiger partial charge in [0, 0.05) is 29.3 Å². The standard InChI is InChI=1S/C14H20BrNO2/c1-10(16)13-3-2-12(15)8-14(13)18-9-11-4-6-17-7-5-11/h2-3,8,10-11H,4-7,9,16H2,1H3/t10-/m1/s1. The zero-order valence-electron chi connectivity index (χ0n) is 10.7. The van der Waals surface area contributed by atoms with Crippen LogP contribution in [0.4, 0.5) is 0 Å². The van der Waals surface area contributed by atoms with Crippen LogP contribution >= 0.6 is 15.9 Å². The van der Waals surface area contributed by atoms with Gasteiger partial charge in [0.25, 0.3) is 0 Å². The van der Waals surface area contributed by atoms with Gasteiger partial charge < -0.3 is 15.2 Å². The monoisotopic (exact) mass is 313 g/mol. The van der Waals surface area contributed by atoms with Crippen LogP contribution in [0.25, 0.3) is 0 Å². The lowest BCUT2D eigenvalue weighted by Crippen LogP contribution is -2.22. The van der Waals surface area contributed by atoms with E-state index in [1.54, 1.807) is 0 Å². The van der Waals surface area contributed by atoms with Gasteiger partial charge in [0.05, 0.1) is 6.61 Å². The van der Waals surface area contributed by atoms with Crippen molar-refractivity contribution in [2.45, 2.75) is 25.8 Å². The molecule has 1 aliphatic heterocycles. The highest BCUT2D eigenvalue weighted by Gasteiger charge is 2.16. The quantitative estimate of drug-likeness (QED) is 0.927. The van der Waals surface area contributed by atoms with Crippen molar-refractivity contribution in [3.05, 3.63) is 28.2 Å². The minimum absolute atomic E-state index is 0.0113. The van der Waals surface area contributed by atoms with Gasteiger partial charge in [0.2, 0.25) is 0 Å². The molecule has 1 fully saturated rings. The summed E-state index contributed by atoms with van der Waals surface area (Å²) in [4.78, 5) is 0. The molecule has 1 aromatic carbocycles. The van der Waals surface area contributed by atoms with Crippen LogP contribution in [0, 0.1) is 5.92 Å². The van der Waals surface area contributed by atoms with Crippen molar-refractivity contribution in [2.24, 2.45) is 11.7 Å². The molecular formula is C14H20BrNO2. The Morgan fingerprint density at radius 3 is 2.83 bits per heavy atom. The summed E-state index contributed by atoms with van der Waals surface area (Å²) in [7, 11) is 0. The van der Waals surface area contributed by atoms with Gasteiger partial charge in [-0.2, -0.15) is 0 Å². The molecule has 1 aromatic rings. The van der Waals surface area contributed by atoms with Gasteiger partial charge >= 0.3 is 0 Å². The molecule has 0 bridgehead atoms. The Hall–Kier alpha value is -0.580. The molecule has 1 aliphatic rings. The number of ether oxygens (including phenoxy) is 2. The molecule has 2 N–H and O–H groups in total. The Balaban J connectivity index is 2.00. The number of hydrogen-bond acceptors (Lipinski definition) is 3. The summed E-state index contributed by atoms with van der Waals surface area (Å²) in [6.45, 7) is 4.43. The second-order valence-corrected chi connectivity index (χ2v) is 5.75. The van der Waals surface area contributed by atoms with Crippen LogP contribution in [0.2, 0.25) is 0 Å². The molecule has 4 heteroatoms. The molecule has 100 valence electrons. The molecule has 0 saturated carbocycles. The van der Waals surface area contributed by atoms with Gasteiger partial charge in [-0.25, -0.2) is 0 Å². The molecule has 2 rings (SSSR count). The predicted octanol–water partition coefficient (Wildman–Crippen LogP) is 3.27. The van der Waals surface area contributed by atoms with Gasteiger partial charge in [0.1, 0.15) is 5.75 Å². The lowest BCUT2D eigenvalue weighted by molar-refractivity contribution is 0.0495. The highest BCUT2D eigenvalue weighted by atomic mass is 79.9. The van der Waals surface area contributed by atoms with Crippen molar-refractivity contribution < 1.29 is 9.47 Å². The highest BCUT2D eigenvalue weighted by molar-refractivity contribution is 9.10. The SMILES string of the molecule is C[C@@H](N)c1ccc(Br)cc1OCC1CCOCC1. The molecule has 0 aliphatic carbocycles. The van der Waals surface area contributed by atoms with Crippen LogP contribution in [0.3, 0.4) is 0 Å². The Morgan fingerprint density at radius 2 is 2.17 bits per heavy atom. The second kappa shape index (κ2) is 6.55. The van der Waals surface area contributed by atoms with Gasteiger partial charge in [-0.05, 0) is 37.8 Å². The van der Waals surface area contributed by atoms with E-state index in [0.29, 0.717) is 5.92 Å². The van der Waals surface area contributed by atoms with Gasteiger partial charge in [0.15, 0.2) is 0 Å². The number of rotatable bonds is 4. The summed E-state index contributed by atoms with van der Waals surface area (Å²) >= 11 is 3.47. The Bertz CT molecular complexity index is 389. The van der Waals surface area contributed by atoms with Crippen LogP contribution in [0.1, 0.15) is 31.4 Å². The van der Waals surface area contributed by atoms with Gasteiger partial charge in [-0.15, -0.1) is 0 Å². The molecule has 1 atom stereocenters. The predicted molar refractivity (Wildman–Crippen MR) is 75.8 cm³/mol. The van der Waals surface area contributed by atoms with E-state index in [1.165, 1.54) is 0 Å². The first-order valence-corrected chi connectivity index (χ1v) is 7.21. The molecule has 0 radical (unpaired) electrons. The highest BCUT2D eigenvalue weighted by Crippen LogP contribution is 2.28. The molecule has 0 unspecified atom stereocenters. The van der Waals surface area contributed by atoms with Crippen LogP contribution in [0.5, 0.6) is 5.75 Å². The molecule has 18 heavy (non-hydrogen) atoms. The van der Waals surface area contributed by atoms with E-state index in [-0.39, 0.29) is 6.04 Å². The average molecular weight is 314 g/mol. The Morgan fingerprint density at radius 1 is 1.44 bits per heavy atom. The molecule has 0 aromatic heterocycles. The summed E-state index contributed by atoms with van der Waals surface area (Å²) in [5.41, 5.74) is 7.02. The summed E-state index contributed by atoms with van der Waals surface area (Å²) in [5, 5.41) is 0. The third-order valence-electron chi connectivity index (χ3n) is 3.28. The molecular weight excluding hydrogens is 294 g/mol. The first-order chi connectivity index (χ1) is 8.66. The first-order valence-electron chi connectivity index (χ1n) is 6.42. The van der Waals surface area contributed by atoms with Crippen molar-refractivity contribution in [3.8, 4) is 5.75 Å². The zero-order chi connectivity index (χ0) is 13.0. The normalized spacial score (nSPS) is 18.6. The van der Waals surface area contributed by atoms with Crippen molar-refractivity contribution in [2.75, 3.05) is 19.8 Å². The minimum Gasteiger partial charge on any atom is -0.493 e. The maximum Gasteiger partial charge on any atom is 0.125 e. The molecule has 0 amide bonds. The lowest BCUT2D eigenvalue weighted by Gasteiger charge is -2.23. The van der Waals surface area contributed by atoms with E-state index in [1.807, 2.05) is 25.1 Å². The van der Waals surface area contributed by atoms with E-state index in [0.717, 1.165) is 48.4 Å². The summed E-state index contributed by atoms with van der Waals surface area (Å²) in [5.74, 6) is 1.49. The van der Waals surface area contributed by atoms with Crippen molar-refractivity contribution in [1.29, 1.82) is 0 Å². The molecule has 1 heterocycles. The van der Waals surface area contributed by atoms with Gasteiger partial charge in [-0.1, -0.05) is 22.0 Å². The zero-order valence-corrected chi connectivity index (χ0v) is 12.3. The Labute approximate surface area is 117 Å². The van der Waals surface area contributed by atoms with Crippen LogP contribution in [-0.4, -0.2) is 19.8 Å². The number of halogens is 1. The fourth-order valence-corrected chi connectivity index (χ4v) is 2.47. The van der Waals surface area contributed by atoms with Gasteiger partial charge in [-0.3, -0.25) is 0 Å². The third kappa shape index (κ3) is 3.70. The summed E-state index contributed by atoms with van der Waals surface area (Å²) < 4.78 is 12.3. The van der Waals surface area contributed by atoms with Crippen LogP contribution < -0.4 is 10.5 Å². The van der Waals surface area contributed by atoms with Crippen molar-refractivity contribution in [1.82, 2.24) is 0 Å². The van der Waals surface area contributed by atoms with Crippen LogP contribution in [0.15, 0.2) is 22.7 Å². The minimum atomic E-state index is -0.0113. The average Bonchev–Trinajstić information content (AvgIpc) is 2.37. The van der Waals surface area contributed by atoms with E-state index < -0.39 is 0 Å². The fourth-order valence-electron chi connectivity index (χ4n) is 2.13. The van der Waals surface area contributed by atoms with E-state index in [9.17, 15) is 0 Å². The number of hydrogen-bond donors (Lipinski definition) is 1. The van der Waals surface area contributed by atoms with Crippen molar-refractivity contribution >= 4 is 15.9 Å². The number of nitrogens with two attached hydrogens (primary N) is 1. The van der Waals surface area contributed by atoms with Crippen molar-refractivity contribution in [3.63, 3.8) is 0 Å². The van der Waals surface area contributed by atoms with Crippen LogP contribution in [-0.2, 0) is 4.74 Å². The molecule has 0 spiro atoms. The smallest absolute Gasteiger partial charge is 0.125 e. The molecule has 3 nitrogen and oxygen atoms in total.